The molecule has 1 aromatic carbocycles. The first-order chi connectivity index (χ1) is 9.37. The Bertz CT molecular complexity index is 651. The van der Waals surface area contributed by atoms with Crippen molar-refractivity contribution in [1.82, 2.24) is 14.9 Å². The van der Waals surface area contributed by atoms with Gasteiger partial charge in [-0.2, -0.15) is 13.2 Å². The van der Waals surface area contributed by atoms with E-state index in [9.17, 15) is 13.2 Å². The first kappa shape index (κ1) is 13.4. The van der Waals surface area contributed by atoms with E-state index in [4.69, 9.17) is 0 Å². The van der Waals surface area contributed by atoms with Crippen molar-refractivity contribution in [3.05, 3.63) is 29.6 Å². The average molecular weight is 283 g/mol. The first-order valence-electron chi connectivity index (χ1n) is 6.57. The molecule has 1 atom stereocenters. The third-order valence-corrected chi connectivity index (χ3v) is 4.22. The van der Waals surface area contributed by atoms with Crippen molar-refractivity contribution < 1.29 is 13.2 Å². The van der Waals surface area contributed by atoms with Gasteiger partial charge in [-0.15, -0.1) is 0 Å². The summed E-state index contributed by atoms with van der Waals surface area (Å²) in [5.41, 5.74) is 0.454. The molecule has 1 unspecified atom stereocenters. The van der Waals surface area contributed by atoms with Crippen LogP contribution in [0.5, 0.6) is 0 Å². The molecule has 1 aliphatic heterocycles. The predicted octanol–water partition coefficient (Wildman–Crippen LogP) is 2.68. The fraction of sp³-hybridized carbons (Fsp3) is 0.500. The lowest BCUT2D eigenvalue weighted by atomic mass is 9.85. The minimum atomic E-state index is -4.31. The molecule has 3 nitrogen and oxygen atoms in total. The highest BCUT2D eigenvalue weighted by Crippen LogP contribution is 2.45. The number of alkyl halides is 3. The highest BCUT2D eigenvalue weighted by molar-refractivity contribution is 5.79. The van der Waals surface area contributed by atoms with Crippen molar-refractivity contribution >= 4 is 11.0 Å². The lowest BCUT2D eigenvalue weighted by molar-refractivity contribution is -0.187. The van der Waals surface area contributed by atoms with Crippen LogP contribution in [-0.4, -0.2) is 28.8 Å². The molecule has 0 amide bonds. The summed E-state index contributed by atoms with van der Waals surface area (Å²) in [4.78, 5) is 4.30. The topological polar surface area (TPSA) is 29.9 Å². The van der Waals surface area contributed by atoms with Crippen LogP contribution in [0.15, 0.2) is 18.2 Å². The maximum absolute atomic E-state index is 13.6. The number of aromatic nitrogens is 2. The number of halogens is 3. The van der Waals surface area contributed by atoms with Crippen molar-refractivity contribution in [1.29, 1.82) is 0 Å². The molecular weight excluding hydrogens is 267 g/mol. The Morgan fingerprint density at radius 2 is 2.10 bits per heavy atom. The van der Waals surface area contributed by atoms with Crippen LogP contribution in [0.2, 0.25) is 0 Å². The summed E-state index contributed by atoms with van der Waals surface area (Å²) in [7, 11) is 1.67. The van der Waals surface area contributed by atoms with Crippen LogP contribution in [0.25, 0.3) is 11.0 Å². The molecule has 2 aromatic rings. The van der Waals surface area contributed by atoms with Crippen LogP contribution in [0, 0.1) is 6.92 Å². The number of fused-ring (bicyclic) bond motifs is 1. The molecule has 0 bridgehead atoms. The Morgan fingerprint density at radius 3 is 2.65 bits per heavy atom. The average Bonchev–Trinajstić information content (AvgIpc) is 2.95. The smallest absolute Gasteiger partial charge is 0.330 e. The van der Waals surface area contributed by atoms with Gasteiger partial charge in [-0.25, -0.2) is 4.98 Å². The summed E-state index contributed by atoms with van der Waals surface area (Å²) in [6.07, 6.45) is -4.27. The first-order valence-corrected chi connectivity index (χ1v) is 6.57. The van der Waals surface area contributed by atoms with E-state index >= 15 is 0 Å². The van der Waals surface area contributed by atoms with Gasteiger partial charge in [0, 0.05) is 13.6 Å². The van der Waals surface area contributed by atoms with Gasteiger partial charge in [0.15, 0.2) is 0 Å². The van der Waals surface area contributed by atoms with Crippen LogP contribution in [0.3, 0.4) is 0 Å². The van der Waals surface area contributed by atoms with Gasteiger partial charge in [0.25, 0.3) is 0 Å². The SMILES string of the molecule is Cc1cccc2nc(C3(C(F)(F)F)CCNC3)n(C)c12. The summed E-state index contributed by atoms with van der Waals surface area (Å²) < 4.78 is 42.5. The second-order valence-electron chi connectivity index (χ2n) is 5.44. The van der Waals surface area contributed by atoms with Crippen LogP contribution in [-0.2, 0) is 12.5 Å². The van der Waals surface area contributed by atoms with Crippen LogP contribution in [0.4, 0.5) is 13.2 Å². The zero-order valence-corrected chi connectivity index (χ0v) is 11.4. The Labute approximate surface area is 114 Å². The second kappa shape index (κ2) is 4.22. The summed E-state index contributed by atoms with van der Waals surface area (Å²) in [6.45, 7) is 2.15. The van der Waals surface area contributed by atoms with Gasteiger partial charge >= 0.3 is 6.18 Å². The van der Waals surface area contributed by atoms with E-state index in [1.54, 1.807) is 17.7 Å². The van der Waals surface area contributed by atoms with Crippen molar-refractivity contribution in [3.8, 4) is 0 Å². The lowest BCUT2D eigenvalue weighted by Crippen LogP contribution is -2.46. The molecule has 2 heterocycles. The number of aryl methyl sites for hydroxylation is 2. The van der Waals surface area contributed by atoms with Gasteiger partial charge < -0.3 is 9.88 Å². The number of rotatable bonds is 1. The Balaban J connectivity index is 2.28. The van der Waals surface area contributed by atoms with Gasteiger partial charge in [-0.1, -0.05) is 12.1 Å². The highest BCUT2D eigenvalue weighted by atomic mass is 19.4. The molecule has 1 aromatic heterocycles. The minimum Gasteiger partial charge on any atom is -0.330 e. The molecule has 3 rings (SSSR count). The van der Waals surface area contributed by atoms with Crippen molar-refractivity contribution in [2.24, 2.45) is 7.05 Å². The van der Waals surface area contributed by atoms with Crippen molar-refractivity contribution in [3.63, 3.8) is 0 Å². The number of hydrogen-bond acceptors (Lipinski definition) is 2. The van der Waals surface area contributed by atoms with E-state index in [0.717, 1.165) is 11.1 Å². The summed E-state index contributed by atoms with van der Waals surface area (Å²) in [5, 5.41) is 2.83. The Morgan fingerprint density at radius 1 is 1.35 bits per heavy atom. The van der Waals surface area contributed by atoms with E-state index in [1.165, 1.54) is 0 Å². The van der Waals surface area contributed by atoms with Crippen molar-refractivity contribution in [2.75, 3.05) is 13.1 Å². The third-order valence-electron chi connectivity index (χ3n) is 4.22. The summed E-state index contributed by atoms with van der Waals surface area (Å²) >= 11 is 0. The standard InChI is InChI=1S/C14H16F3N3/c1-9-4-3-5-10-11(9)20(2)12(19-10)13(14(15,16)17)6-7-18-8-13/h3-5,18H,6-8H2,1-2H3. The molecule has 20 heavy (non-hydrogen) atoms. The van der Waals surface area contributed by atoms with Crippen LogP contribution >= 0.6 is 0 Å². The highest BCUT2D eigenvalue weighted by Gasteiger charge is 2.59. The van der Waals surface area contributed by atoms with E-state index in [-0.39, 0.29) is 18.8 Å². The quantitative estimate of drug-likeness (QED) is 0.872. The Kier molecular flexibility index (Phi) is 2.83. The molecule has 0 radical (unpaired) electrons. The maximum Gasteiger partial charge on any atom is 0.402 e. The number of para-hydroxylation sites is 1. The van der Waals surface area contributed by atoms with Gasteiger partial charge in [-0.3, -0.25) is 0 Å². The van der Waals surface area contributed by atoms with Gasteiger partial charge in [0.2, 0.25) is 0 Å². The van der Waals surface area contributed by atoms with E-state index < -0.39 is 11.6 Å². The minimum absolute atomic E-state index is 0.0344. The van der Waals surface area contributed by atoms with E-state index in [0.29, 0.717) is 12.1 Å². The third kappa shape index (κ3) is 1.67. The van der Waals surface area contributed by atoms with Crippen molar-refractivity contribution in [2.45, 2.75) is 24.9 Å². The fourth-order valence-electron chi connectivity index (χ4n) is 3.14. The molecule has 1 saturated heterocycles. The summed E-state index contributed by atoms with van der Waals surface area (Å²) in [5.74, 6) is 0.110. The molecule has 0 aliphatic carbocycles. The molecule has 0 spiro atoms. The normalized spacial score (nSPS) is 23.6. The number of benzene rings is 1. The molecule has 6 heteroatoms. The maximum atomic E-state index is 13.6. The van der Waals surface area contributed by atoms with E-state index in [1.807, 2.05) is 19.1 Å². The number of imidazole rings is 1. The lowest BCUT2D eigenvalue weighted by Gasteiger charge is -2.30. The summed E-state index contributed by atoms with van der Waals surface area (Å²) in [6, 6.07) is 5.47. The zero-order chi connectivity index (χ0) is 14.5. The molecule has 108 valence electrons. The zero-order valence-electron chi connectivity index (χ0n) is 11.4. The number of hydrogen-bond donors (Lipinski definition) is 1. The number of nitrogens with zero attached hydrogens (tertiary/aromatic N) is 2. The monoisotopic (exact) mass is 283 g/mol. The largest absolute Gasteiger partial charge is 0.402 e. The van der Waals surface area contributed by atoms with Crippen LogP contribution in [0.1, 0.15) is 17.8 Å². The van der Waals surface area contributed by atoms with Crippen LogP contribution < -0.4 is 5.32 Å². The van der Waals surface area contributed by atoms with Gasteiger partial charge in [-0.05, 0) is 31.5 Å². The van der Waals surface area contributed by atoms with Gasteiger partial charge in [0.1, 0.15) is 11.2 Å². The molecule has 1 aliphatic rings. The molecule has 0 saturated carbocycles. The molecular formula is C14H16F3N3. The van der Waals surface area contributed by atoms with Gasteiger partial charge in [0.05, 0.1) is 11.0 Å². The second-order valence-corrected chi connectivity index (χ2v) is 5.44. The fourth-order valence-corrected chi connectivity index (χ4v) is 3.14. The number of nitrogens with one attached hydrogen (secondary N) is 1. The van der Waals surface area contributed by atoms with E-state index in [2.05, 4.69) is 10.3 Å². The Hall–Kier alpha value is -1.56. The molecule has 1 N–H and O–H groups in total. The predicted molar refractivity (Wildman–Crippen MR) is 70.7 cm³/mol. The molecule has 1 fully saturated rings.